The number of sulfonamides is 1. The summed E-state index contributed by atoms with van der Waals surface area (Å²) in [4.78, 5) is 30.5. The van der Waals surface area contributed by atoms with Crippen molar-refractivity contribution < 1.29 is 18.0 Å². The zero-order valence-electron chi connectivity index (χ0n) is 25.6. The van der Waals surface area contributed by atoms with Gasteiger partial charge in [0.1, 0.15) is 12.6 Å². The summed E-state index contributed by atoms with van der Waals surface area (Å²) < 4.78 is 29.4. The van der Waals surface area contributed by atoms with Crippen LogP contribution < -0.4 is 9.62 Å². The highest BCUT2D eigenvalue weighted by molar-refractivity contribution is 7.98. The average molecular weight is 630 g/mol. The molecule has 230 valence electrons. The van der Waals surface area contributed by atoms with E-state index in [0.717, 1.165) is 31.5 Å². The molecule has 0 aliphatic heterocycles. The molecule has 0 heterocycles. The summed E-state index contributed by atoms with van der Waals surface area (Å²) in [5, 5.41) is 2.89. The van der Waals surface area contributed by atoms with E-state index in [1.54, 1.807) is 36.4 Å². The van der Waals surface area contributed by atoms with Crippen molar-refractivity contribution in [2.24, 2.45) is 0 Å². The van der Waals surface area contributed by atoms with Crippen molar-refractivity contribution in [2.75, 3.05) is 23.7 Å². The first-order valence-corrected chi connectivity index (χ1v) is 17.2. The van der Waals surface area contributed by atoms with E-state index in [1.807, 2.05) is 93.8 Å². The van der Waals surface area contributed by atoms with E-state index in [2.05, 4.69) is 5.32 Å². The Morgan fingerprint density at radius 2 is 1.39 bits per heavy atom. The average Bonchev–Trinajstić information content (AvgIpc) is 3.03. The molecule has 0 bridgehead atoms. The van der Waals surface area contributed by atoms with Crippen molar-refractivity contribution in [3.8, 4) is 0 Å². The quantitative estimate of drug-likeness (QED) is 0.184. The van der Waals surface area contributed by atoms with Crippen LogP contribution in [0.15, 0.2) is 113 Å². The maximum absolute atomic E-state index is 14.4. The molecule has 0 aliphatic carbocycles. The molecule has 0 fully saturated rings. The van der Waals surface area contributed by atoms with Gasteiger partial charge in [0.25, 0.3) is 10.0 Å². The number of likely N-dealkylation sites (N-methyl/N-ethyl adjacent to an activating group) is 1. The zero-order chi connectivity index (χ0) is 31.7. The number of carbonyl (C=O) groups excluding carboxylic acids is 2. The van der Waals surface area contributed by atoms with Crippen molar-refractivity contribution in [2.45, 2.75) is 49.6 Å². The molecule has 7 nitrogen and oxygen atoms in total. The van der Waals surface area contributed by atoms with Gasteiger partial charge in [-0.15, -0.1) is 11.8 Å². The number of hydrogen-bond acceptors (Lipinski definition) is 5. The van der Waals surface area contributed by atoms with Crippen LogP contribution >= 0.6 is 11.8 Å². The minimum absolute atomic E-state index is 0.0818. The highest BCUT2D eigenvalue weighted by atomic mass is 32.2. The number of thioether (sulfide) groups is 1. The molecule has 1 atom stereocenters. The fourth-order valence-electron chi connectivity index (χ4n) is 4.85. The Labute approximate surface area is 265 Å². The lowest BCUT2D eigenvalue weighted by molar-refractivity contribution is -0.140. The van der Waals surface area contributed by atoms with Crippen molar-refractivity contribution in [3.63, 3.8) is 0 Å². The number of nitrogens with zero attached hydrogens (tertiary/aromatic N) is 2. The van der Waals surface area contributed by atoms with E-state index < -0.39 is 28.5 Å². The topological polar surface area (TPSA) is 86.8 Å². The number of rotatable bonds is 13. The van der Waals surface area contributed by atoms with Crippen LogP contribution in [0.1, 0.15) is 29.2 Å². The van der Waals surface area contributed by atoms with Crippen LogP contribution in [0.3, 0.4) is 0 Å². The summed E-state index contributed by atoms with van der Waals surface area (Å²) in [6.07, 6.45) is 2.20. The molecule has 0 saturated carbocycles. The highest BCUT2D eigenvalue weighted by Crippen LogP contribution is 2.27. The lowest BCUT2D eigenvalue weighted by atomic mass is 10.0. The summed E-state index contributed by atoms with van der Waals surface area (Å²) in [5.74, 6) is -0.781. The van der Waals surface area contributed by atoms with Gasteiger partial charge in [0, 0.05) is 24.4 Å². The van der Waals surface area contributed by atoms with E-state index in [-0.39, 0.29) is 23.8 Å². The van der Waals surface area contributed by atoms with Gasteiger partial charge in [0.2, 0.25) is 11.8 Å². The summed E-state index contributed by atoms with van der Waals surface area (Å²) >= 11 is 1.51. The minimum atomic E-state index is -4.14. The summed E-state index contributed by atoms with van der Waals surface area (Å²) in [6.45, 7) is 5.78. The van der Waals surface area contributed by atoms with Crippen molar-refractivity contribution in [1.82, 2.24) is 10.2 Å². The molecule has 4 aromatic rings. The summed E-state index contributed by atoms with van der Waals surface area (Å²) in [7, 11) is -4.14. The Bertz CT molecular complexity index is 1640. The number of carbonyl (C=O) groups is 2. The fraction of sp³-hybridized carbons (Fsp3) is 0.257. The second-order valence-electron chi connectivity index (χ2n) is 10.6. The van der Waals surface area contributed by atoms with Gasteiger partial charge in [-0.2, -0.15) is 0 Å². The van der Waals surface area contributed by atoms with Crippen LogP contribution in [0.25, 0.3) is 0 Å². The van der Waals surface area contributed by atoms with E-state index in [0.29, 0.717) is 12.2 Å². The lowest BCUT2D eigenvalue weighted by Gasteiger charge is -2.34. The van der Waals surface area contributed by atoms with Crippen LogP contribution in [-0.4, -0.2) is 50.5 Å². The van der Waals surface area contributed by atoms with Crippen LogP contribution in [0, 0.1) is 13.8 Å². The third-order valence-corrected chi connectivity index (χ3v) is 9.88. The molecule has 1 N–H and O–H groups in total. The number of amides is 2. The number of aryl methyl sites for hydroxylation is 2. The Morgan fingerprint density at radius 1 is 0.795 bits per heavy atom. The van der Waals surface area contributed by atoms with Crippen LogP contribution in [0.2, 0.25) is 0 Å². The molecule has 0 radical (unpaired) electrons. The maximum atomic E-state index is 14.4. The van der Waals surface area contributed by atoms with Gasteiger partial charge in [-0.1, -0.05) is 77.9 Å². The fourth-order valence-corrected chi connectivity index (χ4v) is 6.67. The van der Waals surface area contributed by atoms with Gasteiger partial charge < -0.3 is 10.2 Å². The third kappa shape index (κ3) is 8.30. The molecule has 0 saturated heterocycles. The number of hydrogen-bond donors (Lipinski definition) is 1. The van der Waals surface area contributed by atoms with Crippen molar-refractivity contribution in [3.05, 3.63) is 125 Å². The summed E-state index contributed by atoms with van der Waals surface area (Å²) in [5.41, 5.74) is 4.12. The first kappa shape index (κ1) is 32.8. The Kier molecular flexibility index (Phi) is 11.3. The van der Waals surface area contributed by atoms with Gasteiger partial charge in [0.05, 0.1) is 10.6 Å². The van der Waals surface area contributed by atoms with E-state index in [1.165, 1.54) is 16.7 Å². The van der Waals surface area contributed by atoms with Crippen molar-refractivity contribution in [1.29, 1.82) is 0 Å². The molecular weight excluding hydrogens is 591 g/mol. The molecular formula is C35H39N3O4S2. The molecule has 4 aromatic carbocycles. The van der Waals surface area contributed by atoms with Gasteiger partial charge in [-0.25, -0.2) is 8.42 Å². The second-order valence-corrected chi connectivity index (χ2v) is 13.4. The number of benzene rings is 4. The molecule has 0 aromatic heterocycles. The SMILES string of the molecule is CCNC(=O)C(Cc1ccccc1)N(Cc1ccc(C)cc1)C(=O)CN(c1ccc(C)cc1)S(=O)(=O)c1ccc(SC)cc1. The lowest BCUT2D eigenvalue weighted by Crippen LogP contribution is -2.53. The Balaban J connectivity index is 1.78. The van der Waals surface area contributed by atoms with E-state index >= 15 is 0 Å². The Hall–Kier alpha value is -4.08. The van der Waals surface area contributed by atoms with Crippen molar-refractivity contribution >= 4 is 39.3 Å². The molecule has 44 heavy (non-hydrogen) atoms. The largest absolute Gasteiger partial charge is 0.355 e. The van der Waals surface area contributed by atoms with Gasteiger partial charge in [-0.3, -0.25) is 13.9 Å². The predicted molar refractivity (Wildman–Crippen MR) is 178 cm³/mol. The maximum Gasteiger partial charge on any atom is 0.264 e. The van der Waals surface area contributed by atoms with Gasteiger partial charge in [-0.05, 0) is 74.6 Å². The normalized spacial score (nSPS) is 11.9. The number of anilines is 1. The molecule has 4 rings (SSSR count). The number of nitrogens with one attached hydrogen (secondary N) is 1. The zero-order valence-corrected chi connectivity index (χ0v) is 27.2. The predicted octanol–water partition coefficient (Wildman–Crippen LogP) is 6.00. The van der Waals surface area contributed by atoms with Gasteiger partial charge in [0.15, 0.2) is 0 Å². The molecule has 1 unspecified atom stereocenters. The first-order valence-electron chi connectivity index (χ1n) is 14.5. The molecule has 2 amide bonds. The molecule has 0 aliphatic rings. The summed E-state index contributed by atoms with van der Waals surface area (Å²) in [6, 6.07) is 30.1. The van der Waals surface area contributed by atoms with E-state index in [9.17, 15) is 18.0 Å². The minimum Gasteiger partial charge on any atom is -0.355 e. The monoisotopic (exact) mass is 629 g/mol. The smallest absolute Gasteiger partial charge is 0.264 e. The molecule has 0 spiro atoms. The first-order chi connectivity index (χ1) is 21.1. The Morgan fingerprint density at radius 3 is 1.95 bits per heavy atom. The second kappa shape index (κ2) is 15.1. The highest BCUT2D eigenvalue weighted by Gasteiger charge is 2.34. The van der Waals surface area contributed by atoms with Crippen LogP contribution in [0.5, 0.6) is 0 Å². The third-order valence-electron chi connectivity index (χ3n) is 7.34. The molecule has 9 heteroatoms. The standard InChI is InChI=1S/C35H39N3O4S2/c1-5-36-35(40)33(23-28-9-7-6-8-10-28)37(24-29-15-11-26(2)12-16-29)34(39)25-38(30-17-13-27(3)14-18-30)44(41,42)32-21-19-31(43-4)20-22-32/h6-22,33H,5,23-25H2,1-4H3,(H,36,40). The van der Waals surface area contributed by atoms with E-state index in [4.69, 9.17) is 0 Å². The van der Waals surface area contributed by atoms with Crippen LogP contribution in [-0.2, 0) is 32.6 Å². The van der Waals surface area contributed by atoms with Gasteiger partial charge >= 0.3 is 0 Å². The van der Waals surface area contributed by atoms with Crippen LogP contribution in [0.4, 0.5) is 5.69 Å².